The Morgan fingerprint density at radius 2 is 1.93 bits per heavy atom. The highest BCUT2D eigenvalue weighted by atomic mass is 35.5. The lowest BCUT2D eigenvalue weighted by molar-refractivity contribution is 0.131. The van der Waals surface area contributed by atoms with Crippen LogP contribution in [0.5, 0.6) is 0 Å². The van der Waals surface area contributed by atoms with Gasteiger partial charge in [0.1, 0.15) is 5.82 Å². The van der Waals surface area contributed by atoms with Crippen molar-refractivity contribution in [3.8, 4) is 11.4 Å². The number of amides is 1. The number of carbonyl (C=O) groups is 1. The fraction of sp³-hybridized carbons (Fsp3) is 0.300. The predicted octanol–water partition coefficient (Wildman–Crippen LogP) is 5.19. The van der Waals surface area contributed by atoms with E-state index in [1.54, 1.807) is 11.8 Å². The lowest BCUT2D eigenvalue weighted by Gasteiger charge is -2.29. The Balaban J connectivity index is 1.70. The molecule has 0 aliphatic carbocycles. The molecule has 0 unspecified atom stereocenters. The van der Waals surface area contributed by atoms with Crippen molar-refractivity contribution in [2.24, 2.45) is 7.05 Å². The predicted molar refractivity (Wildman–Crippen MR) is 107 cm³/mol. The largest absolute Gasteiger partial charge is 0.465 e. The molecule has 1 N–H and O–H groups in total. The fourth-order valence-corrected chi connectivity index (χ4v) is 4.79. The third-order valence-electron chi connectivity index (χ3n) is 5.04. The maximum atomic E-state index is 11.2. The molecule has 5 nitrogen and oxygen atoms in total. The van der Waals surface area contributed by atoms with E-state index in [0.29, 0.717) is 13.1 Å². The highest BCUT2D eigenvalue weighted by Gasteiger charge is 2.30. The highest BCUT2D eigenvalue weighted by molar-refractivity contribution is 7.99. The summed E-state index contributed by atoms with van der Waals surface area (Å²) in [6.45, 7) is 1.11. The maximum Gasteiger partial charge on any atom is 0.407 e. The summed E-state index contributed by atoms with van der Waals surface area (Å²) in [7, 11) is 2.00. The number of benzene rings is 1. The molecule has 0 bridgehead atoms. The van der Waals surface area contributed by atoms with Crippen LogP contribution in [-0.2, 0) is 7.05 Å². The number of fused-ring (bicyclic) bond motifs is 1. The second-order valence-electron chi connectivity index (χ2n) is 6.78. The quantitative estimate of drug-likeness (QED) is 0.656. The second kappa shape index (κ2) is 7.44. The summed E-state index contributed by atoms with van der Waals surface area (Å²) < 4.78 is 2.04. The highest BCUT2D eigenvalue weighted by Crippen LogP contribution is 2.44. The first-order valence-electron chi connectivity index (χ1n) is 8.89. The number of aryl methyl sites for hydroxylation is 1. The topological polar surface area (TPSA) is 58.4 Å². The molecule has 0 radical (unpaired) electrons. The fourth-order valence-electron chi connectivity index (χ4n) is 3.57. The molecule has 4 rings (SSSR count). The zero-order chi connectivity index (χ0) is 19.0. The average molecular weight is 402 g/mol. The van der Waals surface area contributed by atoms with Crippen molar-refractivity contribution in [1.82, 2.24) is 14.5 Å². The number of hydrogen-bond donors (Lipinski definition) is 1. The molecule has 0 atom stereocenters. The summed E-state index contributed by atoms with van der Waals surface area (Å²) in [5.74, 6) is 1.23. The molecule has 1 aromatic rings. The van der Waals surface area contributed by atoms with E-state index in [2.05, 4.69) is 6.07 Å². The summed E-state index contributed by atoms with van der Waals surface area (Å²) >= 11 is 7.73. The van der Waals surface area contributed by atoms with Crippen LogP contribution in [0.4, 0.5) is 4.79 Å². The van der Waals surface area contributed by atoms with Gasteiger partial charge in [-0.1, -0.05) is 23.4 Å². The number of aromatic nitrogens is 2. The Bertz CT molecular complexity index is 933. The van der Waals surface area contributed by atoms with Crippen LogP contribution in [0.15, 0.2) is 52.4 Å². The lowest BCUT2D eigenvalue weighted by atomic mass is 9.93. The second-order valence-corrected chi connectivity index (χ2v) is 8.30. The monoisotopic (exact) mass is 401 g/mol. The normalized spacial score (nSPS) is 15.4. The molecular formula is C20H20ClN3O2S. The van der Waals surface area contributed by atoms with E-state index in [-0.39, 0.29) is 5.92 Å². The molecule has 7 heteroatoms. The Kier molecular flexibility index (Phi) is 5.02. The standard InChI is InChI=1S/C20H20ClN3O2S/c1-23-10-2-3-16-18(27-15-6-4-14(21)5-7-15)17(22-19(16)23)13-8-11-24(12-9-13)20(25)26/h2-7,10,13H,8-9,11-12H2,1H3,(H,25,26). The molecule has 27 heavy (non-hydrogen) atoms. The third-order valence-corrected chi connectivity index (χ3v) is 6.43. The number of hydrogen-bond acceptors (Lipinski definition) is 3. The van der Waals surface area contributed by atoms with E-state index in [4.69, 9.17) is 16.6 Å². The number of rotatable bonds is 3. The first-order valence-corrected chi connectivity index (χ1v) is 10.1. The van der Waals surface area contributed by atoms with Crippen LogP contribution in [0.1, 0.15) is 24.5 Å². The molecule has 1 fully saturated rings. The van der Waals surface area contributed by atoms with Crippen molar-refractivity contribution in [3.63, 3.8) is 0 Å². The number of halogens is 1. The molecule has 0 saturated carbocycles. The van der Waals surface area contributed by atoms with E-state index < -0.39 is 6.09 Å². The molecule has 3 aliphatic heterocycles. The molecule has 0 spiro atoms. The van der Waals surface area contributed by atoms with Crippen molar-refractivity contribution in [3.05, 3.63) is 53.3 Å². The smallest absolute Gasteiger partial charge is 0.407 e. The van der Waals surface area contributed by atoms with Gasteiger partial charge in [-0.3, -0.25) is 0 Å². The average Bonchev–Trinajstić information content (AvgIpc) is 3.03. The zero-order valence-electron chi connectivity index (χ0n) is 14.9. The third kappa shape index (κ3) is 3.64. The Hall–Kier alpha value is -2.18. The van der Waals surface area contributed by atoms with Gasteiger partial charge in [-0.2, -0.15) is 0 Å². The summed E-state index contributed by atoms with van der Waals surface area (Å²) in [4.78, 5) is 20.0. The Labute approximate surface area is 167 Å². The number of pyridine rings is 1. The molecule has 3 aliphatic rings. The van der Waals surface area contributed by atoms with Gasteiger partial charge in [0, 0.05) is 52.6 Å². The Morgan fingerprint density at radius 1 is 1.22 bits per heavy atom. The van der Waals surface area contributed by atoms with Crippen molar-refractivity contribution in [2.45, 2.75) is 28.6 Å². The van der Waals surface area contributed by atoms with Crippen LogP contribution in [0.25, 0.3) is 11.4 Å². The van der Waals surface area contributed by atoms with Gasteiger partial charge in [0.2, 0.25) is 0 Å². The first kappa shape index (κ1) is 18.2. The van der Waals surface area contributed by atoms with Crippen LogP contribution in [0, 0.1) is 0 Å². The van der Waals surface area contributed by atoms with Gasteiger partial charge in [-0.25, -0.2) is 9.78 Å². The minimum absolute atomic E-state index is 0.266. The van der Waals surface area contributed by atoms with Crippen LogP contribution in [-0.4, -0.2) is 38.7 Å². The molecular weight excluding hydrogens is 382 g/mol. The van der Waals surface area contributed by atoms with Crippen LogP contribution >= 0.6 is 23.4 Å². The van der Waals surface area contributed by atoms with E-state index in [1.165, 1.54) is 4.90 Å². The molecule has 140 valence electrons. The molecule has 1 aromatic carbocycles. The van der Waals surface area contributed by atoms with Gasteiger partial charge in [0.15, 0.2) is 0 Å². The summed E-state index contributed by atoms with van der Waals surface area (Å²) in [6, 6.07) is 12.0. The van der Waals surface area contributed by atoms with E-state index in [9.17, 15) is 9.90 Å². The number of likely N-dealkylation sites (tertiary alicyclic amines) is 1. The maximum absolute atomic E-state index is 11.2. The van der Waals surface area contributed by atoms with E-state index in [0.717, 1.165) is 44.7 Å². The molecule has 1 amide bonds. The minimum atomic E-state index is -0.837. The molecule has 3 heterocycles. The Morgan fingerprint density at radius 3 is 2.59 bits per heavy atom. The minimum Gasteiger partial charge on any atom is -0.465 e. The van der Waals surface area contributed by atoms with Gasteiger partial charge in [0.05, 0.1) is 5.69 Å². The van der Waals surface area contributed by atoms with Crippen molar-refractivity contribution in [2.75, 3.05) is 13.1 Å². The summed E-state index contributed by atoms with van der Waals surface area (Å²) in [5.41, 5.74) is 2.22. The number of nitrogens with zero attached hydrogens (tertiary/aromatic N) is 3. The number of carboxylic acid groups (broad SMARTS) is 1. The van der Waals surface area contributed by atoms with Gasteiger partial charge < -0.3 is 14.6 Å². The van der Waals surface area contributed by atoms with Gasteiger partial charge in [-0.05, 0) is 49.2 Å². The van der Waals surface area contributed by atoms with Gasteiger partial charge >= 0.3 is 6.09 Å². The van der Waals surface area contributed by atoms with Gasteiger partial charge in [-0.15, -0.1) is 0 Å². The first-order chi connectivity index (χ1) is 13.0. The van der Waals surface area contributed by atoms with Crippen molar-refractivity contribution in [1.29, 1.82) is 0 Å². The van der Waals surface area contributed by atoms with Crippen LogP contribution < -0.4 is 0 Å². The van der Waals surface area contributed by atoms with Crippen LogP contribution in [0.2, 0.25) is 5.02 Å². The lowest BCUT2D eigenvalue weighted by Crippen LogP contribution is -2.36. The van der Waals surface area contributed by atoms with E-state index >= 15 is 0 Å². The SMILES string of the molecule is Cn1cccc2c(Sc3ccc(Cl)cc3)c(C3CCN(C(=O)O)CC3)nc1-2. The van der Waals surface area contributed by atoms with Crippen LogP contribution in [0.3, 0.4) is 0 Å². The van der Waals surface area contributed by atoms with Crippen molar-refractivity contribution >= 4 is 29.5 Å². The van der Waals surface area contributed by atoms with E-state index in [1.807, 2.05) is 48.1 Å². The van der Waals surface area contributed by atoms with Crippen molar-refractivity contribution < 1.29 is 9.90 Å². The summed E-state index contributed by atoms with van der Waals surface area (Å²) in [6.07, 6.45) is 2.76. The number of piperidine rings is 1. The summed E-state index contributed by atoms with van der Waals surface area (Å²) in [5, 5.41) is 9.93. The molecule has 1 saturated heterocycles. The molecule has 0 aromatic heterocycles. The van der Waals surface area contributed by atoms with Gasteiger partial charge in [0.25, 0.3) is 0 Å². The zero-order valence-corrected chi connectivity index (χ0v) is 16.5.